The number of piperidine rings is 1. The first-order chi connectivity index (χ1) is 8.37. The molecule has 0 saturated carbocycles. The Morgan fingerprint density at radius 2 is 2.06 bits per heavy atom. The topological polar surface area (TPSA) is 87.8 Å². The molecule has 106 valence electrons. The maximum Gasteiger partial charge on any atom is 0.350 e. The molecule has 0 aromatic rings. The van der Waals surface area contributed by atoms with E-state index in [1.165, 1.54) is 0 Å². The van der Waals surface area contributed by atoms with Crippen molar-refractivity contribution in [3.8, 4) is 0 Å². The van der Waals surface area contributed by atoms with E-state index in [2.05, 4.69) is 10.3 Å². The molecule has 1 rings (SSSR count). The molecule has 6 nitrogen and oxygen atoms in total. The standard InChI is InChI=1S/C9H18F2N4O2S/c1-13-9(12)14-6-7-2-4-15(5-3-7)18(16,17)8(10)11/h7-8H,2-6H2,1H3,(H3,12,13,14). The highest BCUT2D eigenvalue weighted by molar-refractivity contribution is 7.89. The number of nitrogens with one attached hydrogen (secondary N) is 1. The van der Waals surface area contributed by atoms with Crippen molar-refractivity contribution in [2.75, 3.05) is 26.7 Å². The first-order valence-corrected chi connectivity index (χ1v) is 7.11. The van der Waals surface area contributed by atoms with Crippen molar-refractivity contribution in [3.05, 3.63) is 0 Å². The number of hydrogen-bond acceptors (Lipinski definition) is 3. The van der Waals surface area contributed by atoms with Gasteiger partial charge in [0.1, 0.15) is 0 Å². The number of nitrogens with zero attached hydrogens (tertiary/aromatic N) is 2. The number of halogens is 2. The molecule has 0 amide bonds. The van der Waals surface area contributed by atoms with Gasteiger partial charge < -0.3 is 11.1 Å². The van der Waals surface area contributed by atoms with Crippen molar-refractivity contribution in [2.45, 2.75) is 18.6 Å². The van der Waals surface area contributed by atoms with E-state index in [0.717, 1.165) is 4.31 Å². The quantitative estimate of drug-likeness (QED) is 0.552. The summed E-state index contributed by atoms with van der Waals surface area (Å²) >= 11 is 0. The van der Waals surface area contributed by atoms with Gasteiger partial charge in [0.05, 0.1) is 0 Å². The molecule has 0 atom stereocenters. The van der Waals surface area contributed by atoms with E-state index in [1.54, 1.807) is 7.05 Å². The summed E-state index contributed by atoms with van der Waals surface area (Å²) < 4.78 is 47.9. The Balaban J connectivity index is 2.42. The third-order valence-electron chi connectivity index (χ3n) is 2.97. The summed E-state index contributed by atoms with van der Waals surface area (Å²) in [5, 5.41) is 2.89. The summed E-state index contributed by atoms with van der Waals surface area (Å²) in [6, 6.07) is 0. The number of aliphatic imine (C=N–C) groups is 1. The van der Waals surface area contributed by atoms with Crippen LogP contribution in [-0.2, 0) is 10.0 Å². The first-order valence-electron chi connectivity index (χ1n) is 5.61. The Morgan fingerprint density at radius 3 is 2.50 bits per heavy atom. The van der Waals surface area contributed by atoms with E-state index in [9.17, 15) is 17.2 Å². The van der Waals surface area contributed by atoms with Gasteiger partial charge in [-0.2, -0.15) is 13.1 Å². The van der Waals surface area contributed by atoms with Crippen molar-refractivity contribution in [3.63, 3.8) is 0 Å². The normalized spacial score (nSPS) is 20.3. The molecule has 0 aliphatic carbocycles. The van der Waals surface area contributed by atoms with Crippen LogP contribution >= 0.6 is 0 Å². The van der Waals surface area contributed by atoms with Crippen LogP contribution in [0.2, 0.25) is 0 Å². The minimum absolute atomic E-state index is 0.127. The van der Waals surface area contributed by atoms with Gasteiger partial charge in [-0.15, -0.1) is 0 Å². The zero-order valence-corrected chi connectivity index (χ0v) is 11.0. The van der Waals surface area contributed by atoms with Crippen LogP contribution in [0.15, 0.2) is 4.99 Å². The number of rotatable bonds is 4. The monoisotopic (exact) mass is 284 g/mol. The number of hydrogen-bond donors (Lipinski definition) is 2. The summed E-state index contributed by atoms with van der Waals surface area (Å²) in [4.78, 5) is 3.73. The summed E-state index contributed by atoms with van der Waals surface area (Å²) in [5.74, 6) is -2.80. The van der Waals surface area contributed by atoms with E-state index in [4.69, 9.17) is 5.73 Å². The SMILES string of the molecule is CN=C(N)NCC1CCN(S(=O)(=O)C(F)F)CC1. The predicted octanol–water partition coefficient (Wildman–Crippen LogP) is -0.215. The fraction of sp³-hybridized carbons (Fsp3) is 0.889. The average molecular weight is 284 g/mol. The molecule has 9 heteroatoms. The molecule has 1 heterocycles. The smallest absolute Gasteiger partial charge is 0.350 e. The van der Waals surface area contributed by atoms with Gasteiger partial charge in [-0.05, 0) is 18.8 Å². The Morgan fingerprint density at radius 1 is 1.50 bits per heavy atom. The van der Waals surface area contributed by atoms with Crippen molar-refractivity contribution < 1.29 is 17.2 Å². The van der Waals surface area contributed by atoms with Gasteiger partial charge in [-0.1, -0.05) is 0 Å². The van der Waals surface area contributed by atoms with Crippen LogP contribution in [0.1, 0.15) is 12.8 Å². The highest BCUT2D eigenvalue weighted by Gasteiger charge is 2.34. The summed E-state index contributed by atoms with van der Waals surface area (Å²) in [6.07, 6.45) is 1.08. The molecule has 1 fully saturated rings. The maximum atomic E-state index is 12.3. The minimum atomic E-state index is -4.43. The van der Waals surface area contributed by atoms with E-state index < -0.39 is 15.8 Å². The molecule has 18 heavy (non-hydrogen) atoms. The van der Waals surface area contributed by atoms with Crippen molar-refractivity contribution in [1.82, 2.24) is 9.62 Å². The third kappa shape index (κ3) is 3.77. The van der Waals surface area contributed by atoms with E-state index in [0.29, 0.717) is 25.3 Å². The zero-order valence-electron chi connectivity index (χ0n) is 10.1. The van der Waals surface area contributed by atoms with E-state index in [-0.39, 0.29) is 19.0 Å². The Hall–Kier alpha value is -0.960. The molecular weight excluding hydrogens is 266 g/mol. The molecule has 0 spiro atoms. The van der Waals surface area contributed by atoms with Crippen LogP contribution in [-0.4, -0.2) is 51.1 Å². The predicted molar refractivity (Wildman–Crippen MR) is 64.8 cm³/mol. The van der Waals surface area contributed by atoms with Crippen molar-refractivity contribution in [2.24, 2.45) is 16.6 Å². The van der Waals surface area contributed by atoms with Crippen LogP contribution < -0.4 is 11.1 Å². The molecule has 1 aliphatic rings. The number of nitrogens with two attached hydrogens (primary N) is 1. The molecule has 0 bridgehead atoms. The lowest BCUT2D eigenvalue weighted by Crippen LogP contribution is -2.44. The molecule has 0 radical (unpaired) electrons. The molecular formula is C9H18F2N4O2S. The highest BCUT2D eigenvalue weighted by atomic mass is 32.2. The van der Waals surface area contributed by atoms with Gasteiger partial charge >= 0.3 is 5.76 Å². The second-order valence-electron chi connectivity index (χ2n) is 4.14. The third-order valence-corrected chi connectivity index (χ3v) is 4.51. The van der Waals surface area contributed by atoms with Crippen molar-refractivity contribution in [1.29, 1.82) is 0 Å². The number of alkyl halides is 2. The zero-order chi connectivity index (χ0) is 13.8. The first kappa shape index (κ1) is 15.1. The van der Waals surface area contributed by atoms with Crippen LogP contribution in [0, 0.1) is 5.92 Å². The summed E-state index contributed by atoms with van der Waals surface area (Å²) in [5.41, 5.74) is 5.46. The summed E-state index contributed by atoms with van der Waals surface area (Å²) in [6.45, 7) is 0.829. The van der Waals surface area contributed by atoms with Crippen LogP contribution in [0.5, 0.6) is 0 Å². The van der Waals surface area contributed by atoms with Gasteiger partial charge in [0.2, 0.25) is 0 Å². The van der Waals surface area contributed by atoms with Gasteiger partial charge in [0, 0.05) is 26.7 Å². The summed E-state index contributed by atoms with van der Waals surface area (Å²) in [7, 11) is -2.87. The second-order valence-corrected chi connectivity index (χ2v) is 6.04. The van der Waals surface area contributed by atoms with Crippen molar-refractivity contribution >= 4 is 16.0 Å². The van der Waals surface area contributed by atoms with Crippen LogP contribution in [0.4, 0.5) is 8.78 Å². The largest absolute Gasteiger partial charge is 0.370 e. The highest BCUT2D eigenvalue weighted by Crippen LogP contribution is 2.21. The van der Waals surface area contributed by atoms with Gasteiger partial charge in [-0.25, -0.2) is 8.42 Å². The maximum absolute atomic E-state index is 12.3. The molecule has 0 unspecified atom stereocenters. The molecule has 0 aromatic heterocycles. The lowest BCUT2D eigenvalue weighted by Gasteiger charge is -2.30. The fourth-order valence-electron chi connectivity index (χ4n) is 1.81. The Bertz CT molecular complexity index is 391. The molecule has 1 saturated heterocycles. The Labute approximate surface area is 105 Å². The van der Waals surface area contributed by atoms with Crippen LogP contribution in [0.25, 0.3) is 0 Å². The van der Waals surface area contributed by atoms with E-state index >= 15 is 0 Å². The van der Waals surface area contributed by atoms with Gasteiger partial charge in [0.25, 0.3) is 10.0 Å². The van der Waals surface area contributed by atoms with Crippen LogP contribution in [0.3, 0.4) is 0 Å². The fourth-order valence-corrected chi connectivity index (χ4v) is 2.75. The Kier molecular flexibility index (Phi) is 5.27. The van der Waals surface area contributed by atoms with E-state index in [1.807, 2.05) is 0 Å². The lowest BCUT2D eigenvalue weighted by atomic mass is 9.98. The number of guanidine groups is 1. The average Bonchev–Trinajstić information content (AvgIpc) is 2.36. The number of sulfonamides is 1. The molecule has 0 aromatic carbocycles. The second kappa shape index (κ2) is 6.28. The lowest BCUT2D eigenvalue weighted by molar-refractivity contribution is 0.204. The van der Waals surface area contributed by atoms with Gasteiger partial charge in [0.15, 0.2) is 5.96 Å². The minimum Gasteiger partial charge on any atom is -0.370 e. The molecule has 1 aliphatic heterocycles. The van der Waals surface area contributed by atoms with Gasteiger partial charge in [-0.3, -0.25) is 4.99 Å². The molecule has 3 N–H and O–H groups in total.